The molecule has 0 radical (unpaired) electrons. The summed E-state index contributed by atoms with van der Waals surface area (Å²) in [7, 11) is 0. The van der Waals surface area contributed by atoms with E-state index in [-0.39, 0.29) is 49.1 Å². The number of ketones is 1. The first-order valence-corrected chi connectivity index (χ1v) is 11.8. The number of carbonyl (C=O) groups excluding carboxylic acids is 3. The minimum absolute atomic E-state index is 0.00820. The van der Waals surface area contributed by atoms with Crippen LogP contribution >= 0.6 is 11.6 Å². The van der Waals surface area contributed by atoms with E-state index in [9.17, 15) is 19.5 Å². The van der Waals surface area contributed by atoms with Crippen LogP contribution in [0.5, 0.6) is 0 Å². The highest BCUT2D eigenvalue weighted by Crippen LogP contribution is 2.67. The summed E-state index contributed by atoms with van der Waals surface area (Å²) >= 11 is 5.69. The van der Waals surface area contributed by atoms with Gasteiger partial charge in [-0.25, -0.2) is 9.59 Å². The van der Waals surface area contributed by atoms with Crippen LogP contribution in [-0.2, 0) is 23.8 Å². The molecule has 4 aliphatic rings. The van der Waals surface area contributed by atoms with Gasteiger partial charge < -0.3 is 19.3 Å². The second kappa shape index (κ2) is 8.17. The van der Waals surface area contributed by atoms with Gasteiger partial charge in [-0.2, -0.15) is 0 Å². The molecule has 0 bridgehead atoms. The Morgan fingerprint density at radius 2 is 2.03 bits per heavy atom. The first-order chi connectivity index (χ1) is 15.1. The lowest BCUT2D eigenvalue weighted by Crippen LogP contribution is -2.62. The number of halogens is 1. The van der Waals surface area contributed by atoms with Crippen LogP contribution in [0.3, 0.4) is 0 Å². The number of alkyl halides is 1. The summed E-state index contributed by atoms with van der Waals surface area (Å²) in [6, 6.07) is -0.356. The van der Waals surface area contributed by atoms with Crippen LogP contribution in [0.2, 0.25) is 0 Å². The predicted molar refractivity (Wildman–Crippen MR) is 116 cm³/mol. The maximum Gasteiger partial charge on any atom is 0.509 e. The molecule has 8 heteroatoms. The molecule has 1 N–H and O–H groups in total. The van der Waals surface area contributed by atoms with Crippen molar-refractivity contribution in [1.82, 2.24) is 0 Å². The smallest absolute Gasteiger partial charge is 0.446 e. The SMILES string of the molecule is CCOC(=O)O[C@]1(C(=O)OCCl)CCC2C3CC=C4CC(=O)C=C[C@]4(C)C3[C@@H](O)C[C@@]21C. The van der Waals surface area contributed by atoms with Crippen molar-refractivity contribution in [3.05, 3.63) is 23.8 Å². The Morgan fingerprint density at radius 3 is 2.72 bits per heavy atom. The van der Waals surface area contributed by atoms with Crippen molar-refractivity contribution in [1.29, 1.82) is 0 Å². The molecular weight excluding hydrogens is 436 g/mol. The van der Waals surface area contributed by atoms with Gasteiger partial charge >= 0.3 is 12.1 Å². The number of ether oxygens (including phenoxy) is 3. The molecular formula is C24H31ClO7. The van der Waals surface area contributed by atoms with E-state index in [1.165, 1.54) is 0 Å². The van der Waals surface area contributed by atoms with E-state index in [1.807, 2.05) is 13.0 Å². The third-order valence-corrected chi connectivity index (χ3v) is 8.72. The highest BCUT2D eigenvalue weighted by Gasteiger charge is 2.71. The normalized spacial score (nSPS) is 42.3. The number of rotatable bonds is 4. The number of carbonyl (C=O) groups is 3. The van der Waals surface area contributed by atoms with E-state index < -0.39 is 34.7 Å². The quantitative estimate of drug-likeness (QED) is 0.381. The summed E-state index contributed by atoms with van der Waals surface area (Å²) in [5.74, 6) is -0.639. The van der Waals surface area contributed by atoms with Crippen LogP contribution in [0.15, 0.2) is 23.8 Å². The minimum atomic E-state index is -1.58. The highest BCUT2D eigenvalue weighted by atomic mass is 35.5. The maximum absolute atomic E-state index is 13.2. The molecule has 0 aromatic rings. The molecule has 0 heterocycles. The molecule has 3 unspecified atom stereocenters. The molecule has 4 aliphatic carbocycles. The Bertz CT molecular complexity index is 882. The summed E-state index contributed by atoms with van der Waals surface area (Å²) in [6.45, 7) is 5.77. The van der Waals surface area contributed by atoms with Gasteiger partial charge in [-0.1, -0.05) is 43.2 Å². The zero-order valence-electron chi connectivity index (χ0n) is 18.8. The average molecular weight is 467 g/mol. The van der Waals surface area contributed by atoms with Crippen LogP contribution in [0.4, 0.5) is 4.79 Å². The Kier molecular flexibility index (Phi) is 5.95. The Hall–Kier alpha value is -1.86. The van der Waals surface area contributed by atoms with Crippen LogP contribution in [-0.4, -0.2) is 47.4 Å². The van der Waals surface area contributed by atoms with Gasteiger partial charge in [0.1, 0.15) is 0 Å². The fourth-order valence-corrected chi connectivity index (χ4v) is 7.32. The maximum atomic E-state index is 13.2. The number of hydrogen-bond donors (Lipinski definition) is 1. The summed E-state index contributed by atoms with van der Waals surface area (Å²) in [5, 5.41) is 11.5. The zero-order chi connectivity index (χ0) is 23.3. The Balaban J connectivity index is 1.74. The Morgan fingerprint density at radius 1 is 1.28 bits per heavy atom. The van der Waals surface area contributed by atoms with E-state index in [0.717, 1.165) is 5.57 Å². The third-order valence-electron chi connectivity index (χ3n) is 8.61. The molecule has 7 atom stereocenters. The van der Waals surface area contributed by atoms with Crippen molar-refractivity contribution < 1.29 is 33.7 Å². The van der Waals surface area contributed by atoms with Crippen molar-refractivity contribution in [2.24, 2.45) is 28.6 Å². The monoisotopic (exact) mass is 466 g/mol. The van der Waals surface area contributed by atoms with E-state index in [1.54, 1.807) is 13.0 Å². The van der Waals surface area contributed by atoms with Gasteiger partial charge in [-0.3, -0.25) is 4.79 Å². The summed E-state index contributed by atoms with van der Waals surface area (Å²) < 4.78 is 15.9. The number of allylic oxidation sites excluding steroid dienone is 4. The predicted octanol–water partition coefficient (Wildman–Crippen LogP) is 3.92. The third kappa shape index (κ3) is 3.23. The number of hydrogen-bond acceptors (Lipinski definition) is 7. The van der Waals surface area contributed by atoms with Gasteiger partial charge in [-0.15, -0.1) is 0 Å². The summed E-state index contributed by atoms with van der Waals surface area (Å²) in [5.41, 5.74) is -1.78. The molecule has 0 aliphatic heterocycles. The first kappa shape index (κ1) is 23.3. The lowest BCUT2D eigenvalue weighted by molar-refractivity contribution is -0.198. The molecule has 0 aromatic heterocycles. The van der Waals surface area contributed by atoms with Gasteiger partial charge in [0, 0.05) is 23.2 Å². The van der Waals surface area contributed by atoms with Crippen LogP contribution in [0.1, 0.15) is 52.9 Å². The van der Waals surface area contributed by atoms with Crippen molar-refractivity contribution in [3.8, 4) is 0 Å². The number of aliphatic hydroxyl groups excluding tert-OH is 1. The van der Waals surface area contributed by atoms with Crippen molar-refractivity contribution in [2.45, 2.75) is 64.6 Å². The second-order valence-electron chi connectivity index (χ2n) is 9.90. The molecule has 0 saturated heterocycles. The summed E-state index contributed by atoms with van der Waals surface area (Å²) in [4.78, 5) is 37.5. The van der Waals surface area contributed by atoms with Gasteiger partial charge in [0.2, 0.25) is 5.60 Å². The molecule has 0 spiro atoms. The van der Waals surface area contributed by atoms with Crippen molar-refractivity contribution in [2.75, 3.05) is 12.7 Å². The molecule has 0 amide bonds. The van der Waals surface area contributed by atoms with E-state index >= 15 is 0 Å². The van der Waals surface area contributed by atoms with Crippen LogP contribution in [0.25, 0.3) is 0 Å². The standard InChI is InChI=1S/C24H31ClO7/c1-4-30-21(29)32-24(20(28)31-13-25)10-8-17-16-6-5-14-11-15(26)7-9-22(14,2)19(16)18(27)12-23(17,24)3/h5,7,9,16-19,27H,4,6,8,10-13H2,1-3H3/t16?,17?,18-,19?,22-,23-,24-/m0/s1. The fourth-order valence-electron chi connectivity index (χ4n) is 7.22. The van der Waals surface area contributed by atoms with Gasteiger partial charge in [0.05, 0.1) is 12.7 Å². The number of fused-ring (bicyclic) bond motifs is 5. The molecule has 0 aromatic carbocycles. The molecule has 32 heavy (non-hydrogen) atoms. The molecule has 7 nitrogen and oxygen atoms in total. The molecule has 176 valence electrons. The molecule has 2 saturated carbocycles. The van der Waals surface area contributed by atoms with E-state index in [2.05, 4.69) is 13.0 Å². The Labute approximate surface area is 193 Å². The summed E-state index contributed by atoms with van der Waals surface area (Å²) in [6.07, 6.45) is 6.28. The fraction of sp³-hybridized carbons (Fsp3) is 0.708. The van der Waals surface area contributed by atoms with Crippen LogP contribution < -0.4 is 0 Å². The van der Waals surface area contributed by atoms with E-state index in [0.29, 0.717) is 19.3 Å². The second-order valence-corrected chi connectivity index (χ2v) is 10.1. The highest BCUT2D eigenvalue weighted by molar-refractivity contribution is 6.17. The number of aliphatic hydroxyl groups is 1. The first-order valence-electron chi connectivity index (χ1n) is 11.3. The molecule has 2 fully saturated rings. The van der Waals surface area contributed by atoms with Crippen LogP contribution in [0, 0.1) is 28.6 Å². The minimum Gasteiger partial charge on any atom is -0.446 e. The lowest BCUT2D eigenvalue weighted by Gasteiger charge is -2.58. The molecule has 4 rings (SSSR count). The van der Waals surface area contributed by atoms with Gasteiger partial charge in [0.15, 0.2) is 11.8 Å². The van der Waals surface area contributed by atoms with E-state index in [4.69, 9.17) is 25.8 Å². The lowest BCUT2D eigenvalue weighted by atomic mass is 9.47. The van der Waals surface area contributed by atoms with Gasteiger partial charge in [-0.05, 0) is 50.5 Å². The topological polar surface area (TPSA) is 99.1 Å². The number of esters is 1. The zero-order valence-corrected chi connectivity index (χ0v) is 19.5. The van der Waals surface area contributed by atoms with Gasteiger partial charge in [0.25, 0.3) is 0 Å². The van der Waals surface area contributed by atoms with Crippen molar-refractivity contribution >= 4 is 29.5 Å². The average Bonchev–Trinajstić information content (AvgIpc) is 3.01. The van der Waals surface area contributed by atoms with Crippen molar-refractivity contribution in [3.63, 3.8) is 0 Å². The largest absolute Gasteiger partial charge is 0.509 e.